The largest absolute Gasteiger partial charge is 0.468 e. The highest BCUT2D eigenvalue weighted by Crippen LogP contribution is 2.35. The molecule has 3 N–H and O–H groups in total. The van der Waals surface area contributed by atoms with E-state index in [-0.39, 0.29) is 30.1 Å². The van der Waals surface area contributed by atoms with Gasteiger partial charge in [-0.2, -0.15) is 0 Å². The number of methoxy groups -OCH3 is 1. The van der Waals surface area contributed by atoms with E-state index in [1.807, 2.05) is 55.5 Å². The van der Waals surface area contributed by atoms with Gasteiger partial charge in [0.05, 0.1) is 38.3 Å². The number of carbonyl (C=O) groups is 2. The number of rotatable bonds is 6. The quantitative estimate of drug-likeness (QED) is 0.472. The van der Waals surface area contributed by atoms with Gasteiger partial charge in [0.2, 0.25) is 5.91 Å². The lowest BCUT2D eigenvalue weighted by Gasteiger charge is -2.38. The lowest BCUT2D eigenvalue weighted by atomic mass is 9.92. The summed E-state index contributed by atoms with van der Waals surface area (Å²) in [6.07, 6.45) is 0.705. The molecule has 3 heterocycles. The number of fused-ring (bicyclic) bond motifs is 3. The molecule has 5 rings (SSSR count). The van der Waals surface area contributed by atoms with Crippen LogP contribution < -0.4 is 10.6 Å². The molecule has 5 atom stereocenters. The Morgan fingerprint density at radius 1 is 1.11 bits per heavy atom. The molecule has 0 bridgehead atoms. The number of para-hydroxylation sites is 1. The minimum atomic E-state index is -0.472. The number of hydrogen-bond donors (Lipinski definition) is 3. The first-order valence-electron chi connectivity index (χ1n) is 12.1. The molecule has 35 heavy (non-hydrogen) atoms. The van der Waals surface area contributed by atoms with E-state index in [0.29, 0.717) is 25.9 Å². The number of aromatic nitrogens is 1. The van der Waals surface area contributed by atoms with Gasteiger partial charge in [0, 0.05) is 29.4 Å². The van der Waals surface area contributed by atoms with E-state index >= 15 is 0 Å². The fourth-order valence-corrected chi connectivity index (χ4v) is 5.04. The first-order chi connectivity index (χ1) is 17.0. The maximum Gasteiger partial charge on any atom is 0.323 e. The minimum absolute atomic E-state index is 0.0590. The van der Waals surface area contributed by atoms with E-state index in [0.717, 1.165) is 27.7 Å². The molecule has 3 aromatic rings. The summed E-state index contributed by atoms with van der Waals surface area (Å²) in [5.74, 6) is -0.345. The van der Waals surface area contributed by atoms with Crippen LogP contribution in [0.25, 0.3) is 10.9 Å². The first-order valence-corrected chi connectivity index (χ1v) is 12.1. The maximum absolute atomic E-state index is 12.5. The molecule has 8 nitrogen and oxygen atoms in total. The Morgan fingerprint density at radius 2 is 1.89 bits per heavy atom. The van der Waals surface area contributed by atoms with Crippen molar-refractivity contribution in [3.63, 3.8) is 0 Å². The molecule has 0 saturated carbocycles. The molecule has 0 unspecified atom stereocenters. The van der Waals surface area contributed by atoms with Crippen molar-refractivity contribution in [2.24, 2.45) is 0 Å². The molecule has 1 amide bonds. The Bertz CT molecular complexity index is 1190. The van der Waals surface area contributed by atoms with Crippen molar-refractivity contribution in [2.75, 3.05) is 13.7 Å². The van der Waals surface area contributed by atoms with Crippen LogP contribution in [0.1, 0.15) is 36.2 Å². The van der Waals surface area contributed by atoms with Crippen LogP contribution in [0.4, 0.5) is 0 Å². The average molecular weight is 478 g/mol. The van der Waals surface area contributed by atoms with Crippen molar-refractivity contribution < 1.29 is 23.8 Å². The molecule has 184 valence electrons. The van der Waals surface area contributed by atoms with Gasteiger partial charge >= 0.3 is 5.97 Å². The summed E-state index contributed by atoms with van der Waals surface area (Å²) in [7, 11) is 1.41. The molecule has 1 fully saturated rings. The number of ether oxygens (including phenoxy) is 3. The van der Waals surface area contributed by atoms with Gasteiger partial charge in [-0.25, -0.2) is 0 Å². The molecule has 0 spiro atoms. The zero-order valence-electron chi connectivity index (χ0n) is 20.0. The number of nitrogens with one attached hydrogen (secondary N) is 3. The van der Waals surface area contributed by atoms with E-state index in [2.05, 4.69) is 21.7 Å². The summed E-state index contributed by atoms with van der Waals surface area (Å²) in [6.45, 7) is 2.31. The highest BCUT2D eigenvalue weighted by Gasteiger charge is 2.37. The van der Waals surface area contributed by atoms with Crippen molar-refractivity contribution in [3.05, 3.63) is 71.4 Å². The first kappa shape index (κ1) is 23.5. The van der Waals surface area contributed by atoms with E-state index in [1.54, 1.807) is 0 Å². The molecule has 2 aliphatic rings. The monoisotopic (exact) mass is 477 g/mol. The molecular weight excluding hydrogens is 446 g/mol. The van der Waals surface area contributed by atoms with Crippen LogP contribution >= 0.6 is 0 Å². The predicted octanol–water partition coefficient (Wildman–Crippen LogP) is 2.78. The predicted molar refractivity (Wildman–Crippen MR) is 131 cm³/mol. The van der Waals surface area contributed by atoms with Crippen LogP contribution in [-0.4, -0.2) is 55.1 Å². The minimum Gasteiger partial charge on any atom is -0.468 e. The van der Waals surface area contributed by atoms with Gasteiger partial charge in [-0.3, -0.25) is 14.9 Å². The molecule has 1 aromatic heterocycles. The number of esters is 1. The van der Waals surface area contributed by atoms with Crippen molar-refractivity contribution in [3.8, 4) is 0 Å². The van der Waals surface area contributed by atoms with Crippen molar-refractivity contribution >= 4 is 22.8 Å². The van der Waals surface area contributed by atoms with Crippen LogP contribution in [0.3, 0.4) is 0 Å². The van der Waals surface area contributed by atoms with Gasteiger partial charge in [0.25, 0.3) is 0 Å². The SMILES string of the molecule is COC(=O)[C@@H]1Cc2c([nH]c3ccccc23)[C@H](C[C@H]2OC[C@@H](NC(=O)Cc3ccccc3)[C@@H](C)O2)N1. The van der Waals surface area contributed by atoms with Gasteiger partial charge in [0.15, 0.2) is 6.29 Å². The number of aromatic amines is 1. The second-order valence-electron chi connectivity index (χ2n) is 9.24. The molecule has 0 aliphatic carbocycles. The molecule has 8 heteroatoms. The standard InChI is InChI=1S/C27H31N3O5/c1-16-23(29-24(31)12-17-8-4-3-5-9-17)15-34-25(35-16)14-21-26-19(13-22(28-21)27(32)33-2)18-10-6-7-11-20(18)30-26/h3-11,16,21-23,25,28,30H,12-15H2,1-2H3,(H,29,31)/t16-,21+,22+,23-,25+/m1/s1. The maximum atomic E-state index is 12.5. The lowest BCUT2D eigenvalue weighted by Crippen LogP contribution is -2.53. The molecule has 1 saturated heterocycles. The topological polar surface area (TPSA) is 102 Å². The third-order valence-electron chi connectivity index (χ3n) is 6.87. The lowest BCUT2D eigenvalue weighted by molar-refractivity contribution is -0.224. The van der Waals surface area contributed by atoms with Gasteiger partial charge < -0.3 is 24.5 Å². The van der Waals surface area contributed by atoms with Gasteiger partial charge in [-0.05, 0) is 24.1 Å². The Balaban J connectivity index is 1.25. The van der Waals surface area contributed by atoms with Crippen molar-refractivity contribution in [1.29, 1.82) is 0 Å². The fourth-order valence-electron chi connectivity index (χ4n) is 5.04. The summed E-state index contributed by atoms with van der Waals surface area (Å²) in [6, 6.07) is 16.9. The van der Waals surface area contributed by atoms with Crippen LogP contribution in [-0.2, 0) is 36.6 Å². The average Bonchev–Trinajstić information content (AvgIpc) is 3.25. The summed E-state index contributed by atoms with van der Waals surface area (Å²) in [5, 5.41) is 7.56. The smallest absolute Gasteiger partial charge is 0.323 e. The summed E-state index contributed by atoms with van der Waals surface area (Å²) in [4.78, 5) is 28.4. The number of carbonyl (C=O) groups excluding carboxylic acids is 2. The molecule has 2 aromatic carbocycles. The zero-order chi connectivity index (χ0) is 24.4. The normalized spacial score (nSPS) is 26.2. The fraction of sp³-hybridized carbons (Fsp3) is 0.407. The van der Waals surface area contributed by atoms with E-state index in [1.165, 1.54) is 7.11 Å². The van der Waals surface area contributed by atoms with Gasteiger partial charge in [-0.1, -0.05) is 48.5 Å². The van der Waals surface area contributed by atoms with Crippen molar-refractivity contribution in [1.82, 2.24) is 15.6 Å². The van der Waals surface area contributed by atoms with Crippen LogP contribution in [0.5, 0.6) is 0 Å². The van der Waals surface area contributed by atoms with E-state index in [9.17, 15) is 9.59 Å². The van der Waals surface area contributed by atoms with Gasteiger partial charge in [0.1, 0.15) is 6.04 Å². The molecule has 0 radical (unpaired) electrons. The Labute approximate surface area is 204 Å². The molecule has 2 aliphatic heterocycles. The highest BCUT2D eigenvalue weighted by molar-refractivity contribution is 5.87. The second kappa shape index (κ2) is 10.2. The Kier molecular flexibility index (Phi) is 6.86. The highest BCUT2D eigenvalue weighted by atomic mass is 16.7. The van der Waals surface area contributed by atoms with Crippen LogP contribution in [0.15, 0.2) is 54.6 Å². The second-order valence-corrected chi connectivity index (χ2v) is 9.24. The van der Waals surface area contributed by atoms with Crippen LogP contribution in [0.2, 0.25) is 0 Å². The number of hydrogen-bond acceptors (Lipinski definition) is 6. The third-order valence-corrected chi connectivity index (χ3v) is 6.87. The zero-order valence-corrected chi connectivity index (χ0v) is 20.0. The van der Waals surface area contributed by atoms with E-state index < -0.39 is 12.3 Å². The van der Waals surface area contributed by atoms with Crippen molar-refractivity contribution in [2.45, 2.75) is 56.7 Å². The van der Waals surface area contributed by atoms with Crippen LogP contribution in [0, 0.1) is 0 Å². The Morgan fingerprint density at radius 3 is 2.66 bits per heavy atom. The summed E-state index contributed by atoms with van der Waals surface area (Å²) >= 11 is 0. The summed E-state index contributed by atoms with van der Waals surface area (Å²) in [5.41, 5.74) is 4.17. The number of amides is 1. The summed E-state index contributed by atoms with van der Waals surface area (Å²) < 4.78 is 17.2. The number of benzene rings is 2. The molecular formula is C27H31N3O5. The Hall–Kier alpha value is -3.20. The third kappa shape index (κ3) is 5.10. The van der Waals surface area contributed by atoms with E-state index in [4.69, 9.17) is 14.2 Å². The number of H-pyrrole nitrogens is 1. The van der Waals surface area contributed by atoms with Gasteiger partial charge in [-0.15, -0.1) is 0 Å².